The second kappa shape index (κ2) is 7.03. The first-order chi connectivity index (χ1) is 9.99. The molecule has 110 valence electrons. The Kier molecular flexibility index (Phi) is 5.34. The molecule has 0 bridgehead atoms. The minimum atomic E-state index is 0.101. The summed E-state index contributed by atoms with van der Waals surface area (Å²) >= 11 is 17.9. The summed E-state index contributed by atoms with van der Waals surface area (Å²) in [7, 11) is 0. The summed E-state index contributed by atoms with van der Waals surface area (Å²) in [5.41, 5.74) is 2.55. The molecule has 0 aliphatic rings. The second-order valence-corrected chi connectivity index (χ2v) is 5.65. The van der Waals surface area contributed by atoms with Gasteiger partial charge in [0, 0.05) is 5.69 Å². The molecule has 0 aliphatic heterocycles. The molecule has 0 saturated heterocycles. The molecule has 0 unspecified atom stereocenters. The maximum Gasteiger partial charge on any atom is 0.197 e. The third kappa shape index (κ3) is 4.27. The zero-order chi connectivity index (χ0) is 15.4. The molecule has 0 spiro atoms. The van der Waals surface area contributed by atoms with Crippen LogP contribution in [0, 0.1) is 5.41 Å². The highest BCUT2D eigenvalue weighted by Crippen LogP contribution is 2.32. The van der Waals surface area contributed by atoms with E-state index in [2.05, 4.69) is 17.6 Å². The largest absolute Gasteiger partial charge is 0.326 e. The van der Waals surface area contributed by atoms with Crippen LogP contribution in [0.4, 0.5) is 11.4 Å². The summed E-state index contributed by atoms with van der Waals surface area (Å²) in [6.45, 7) is 2.08. The third-order valence-corrected chi connectivity index (χ3v) is 3.91. The van der Waals surface area contributed by atoms with E-state index in [1.807, 2.05) is 24.3 Å². The van der Waals surface area contributed by atoms with Gasteiger partial charge < -0.3 is 10.6 Å². The quantitative estimate of drug-likeness (QED) is 0.382. The highest BCUT2D eigenvalue weighted by Gasteiger charge is 2.08. The van der Waals surface area contributed by atoms with E-state index in [0.717, 1.165) is 12.1 Å². The number of halogens is 3. The Morgan fingerprint density at radius 2 is 1.71 bits per heavy atom. The van der Waals surface area contributed by atoms with Gasteiger partial charge in [-0.15, -0.1) is 0 Å². The van der Waals surface area contributed by atoms with Crippen LogP contribution in [0.2, 0.25) is 15.1 Å². The molecule has 0 atom stereocenters. The van der Waals surface area contributed by atoms with Gasteiger partial charge in [-0.25, -0.2) is 0 Å². The van der Waals surface area contributed by atoms with Crippen LogP contribution in [0.25, 0.3) is 0 Å². The number of hydrogen-bond acceptors (Lipinski definition) is 1. The molecule has 6 heteroatoms. The fourth-order valence-corrected chi connectivity index (χ4v) is 2.39. The Hall–Kier alpha value is -1.42. The van der Waals surface area contributed by atoms with Gasteiger partial charge in [-0.05, 0) is 36.2 Å². The van der Waals surface area contributed by atoms with Crippen LogP contribution in [0.5, 0.6) is 0 Å². The lowest BCUT2D eigenvalue weighted by Crippen LogP contribution is -2.20. The topological polar surface area (TPSA) is 47.9 Å². The maximum atomic E-state index is 7.96. The van der Waals surface area contributed by atoms with E-state index in [9.17, 15) is 0 Å². The van der Waals surface area contributed by atoms with Crippen molar-refractivity contribution in [2.75, 3.05) is 10.6 Å². The first kappa shape index (κ1) is 16.0. The van der Waals surface area contributed by atoms with Crippen molar-refractivity contribution in [3.63, 3.8) is 0 Å². The molecular formula is C15H14Cl3N3. The normalized spacial score (nSPS) is 10.3. The fourth-order valence-electron chi connectivity index (χ4n) is 1.80. The van der Waals surface area contributed by atoms with Crippen LogP contribution in [0.3, 0.4) is 0 Å². The fraction of sp³-hybridized carbons (Fsp3) is 0.133. The summed E-state index contributed by atoms with van der Waals surface area (Å²) in [5, 5.41) is 14.9. The van der Waals surface area contributed by atoms with Crippen molar-refractivity contribution >= 4 is 52.1 Å². The molecule has 0 fully saturated rings. The lowest BCUT2D eigenvalue weighted by Gasteiger charge is -2.13. The summed E-state index contributed by atoms with van der Waals surface area (Å²) in [4.78, 5) is 0. The molecule has 2 aromatic carbocycles. The van der Waals surface area contributed by atoms with Crippen molar-refractivity contribution in [1.82, 2.24) is 0 Å². The summed E-state index contributed by atoms with van der Waals surface area (Å²) in [6, 6.07) is 11.0. The van der Waals surface area contributed by atoms with Gasteiger partial charge in [0.15, 0.2) is 5.96 Å². The summed E-state index contributed by atoms with van der Waals surface area (Å²) in [5.74, 6) is 0.101. The Balaban J connectivity index is 2.09. The second-order valence-electron chi connectivity index (χ2n) is 4.43. The first-order valence-electron chi connectivity index (χ1n) is 6.35. The highest BCUT2D eigenvalue weighted by molar-refractivity contribution is 6.44. The van der Waals surface area contributed by atoms with E-state index in [0.29, 0.717) is 20.8 Å². The van der Waals surface area contributed by atoms with Crippen molar-refractivity contribution in [1.29, 1.82) is 5.41 Å². The van der Waals surface area contributed by atoms with Gasteiger partial charge in [0.2, 0.25) is 0 Å². The maximum absolute atomic E-state index is 7.96. The average Bonchev–Trinajstić information content (AvgIpc) is 2.45. The van der Waals surface area contributed by atoms with E-state index >= 15 is 0 Å². The van der Waals surface area contributed by atoms with Crippen molar-refractivity contribution in [3.05, 3.63) is 57.0 Å². The lowest BCUT2D eigenvalue weighted by atomic mass is 10.1. The predicted octanol–water partition coefficient (Wildman–Crippen LogP) is 5.67. The SMILES string of the molecule is CCc1cccc(NC(=N)Nc2cc(Cl)c(Cl)cc2Cl)c1. The Morgan fingerprint density at radius 1 is 1.00 bits per heavy atom. The highest BCUT2D eigenvalue weighted by atomic mass is 35.5. The summed E-state index contributed by atoms with van der Waals surface area (Å²) in [6.07, 6.45) is 0.939. The molecule has 2 rings (SSSR count). The van der Waals surface area contributed by atoms with E-state index in [4.69, 9.17) is 40.2 Å². The number of nitrogens with one attached hydrogen (secondary N) is 3. The van der Waals surface area contributed by atoms with Gasteiger partial charge in [-0.1, -0.05) is 53.9 Å². The molecule has 21 heavy (non-hydrogen) atoms. The Bertz CT molecular complexity index is 671. The smallest absolute Gasteiger partial charge is 0.197 e. The van der Waals surface area contributed by atoms with Crippen LogP contribution in [-0.2, 0) is 6.42 Å². The predicted molar refractivity (Wildman–Crippen MR) is 92.3 cm³/mol. The van der Waals surface area contributed by atoms with Gasteiger partial charge in [-0.3, -0.25) is 5.41 Å². The van der Waals surface area contributed by atoms with Gasteiger partial charge in [-0.2, -0.15) is 0 Å². The molecule has 0 heterocycles. The van der Waals surface area contributed by atoms with E-state index in [1.165, 1.54) is 5.56 Å². The minimum Gasteiger partial charge on any atom is -0.326 e. The standard InChI is InChI=1S/C15H14Cl3N3/c1-2-9-4-3-5-10(6-9)20-15(19)21-14-8-12(17)11(16)7-13(14)18/h3-8H,2H2,1H3,(H3,19,20,21). The Labute approximate surface area is 138 Å². The molecule has 3 N–H and O–H groups in total. The number of anilines is 2. The minimum absolute atomic E-state index is 0.101. The summed E-state index contributed by atoms with van der Waals surface area (Å²) < 4.78 is 0. The molecule has 0 aliphatic carbocycles. The zero-order valence-electron chi connectivity index (χ0n) is 11.3. The van der Waals surface area contributed by atoms with Crippen molar-refractivity contribution < 1.29 is 0 Å². The van der Waals surface area contributed by atoms with Crippen LogP contribution in [0.1, 0.15) is 12.5 Å². The molecule has 0 radical (unpaired) electrons. The molecule has 2 aromatic rings. The number of hydrogen-bond donors (Lipinski definition) is 3. The van der Waals surface area contributed by atoms with Crippen LogP contribution >= 0.6 is 34.8 Å². The molecule has 3 nitrogen and oxygen atoms in total. The van der Waals surface area contributed by atoms with Crippen LogP contribution in [-0.4, -0.2) is 5.96 Å². The number of guanidine groups is 1. The van der Waals surface area contributed by atoms with Crippen molar-refractivity contribution in [2.45, 2.75) is 13.3 Å². The van der Waals surface area contributed by atoms with Gasteiger partial charge in [0.1, 0.15) is 0 Å². The number of rotatable bonds is 3. The van der Waals surface area contributed by atoms with Gasteiger partial charge in [0.25, 0.3) is 0 Å². The zero-order valence-corrected chi connectivity index (χ0v) is 13.6. The van der Waals surface area contributed by atoms with E-state index < -0.39 is 0 Å². The molecular weight excluding hydrogens is 329 g/mol. The molecule has 0 saturated carbocycles. The number of benzene rings is 2. The third-order valence-electron chi connectivity index (χ3n) is 2.87. The van der Waals surface area contributed by atoms with Crippen molar-refractivity contribution in [2.24, 2.45) is 0 Å². The Morgan fingerprint density at radius 3 is 2.43 bits per heavy atom. The van der Waals surface area contributed by atoms with Crippen LogP contribution in [0.15, 0.2) is 36.4 Å². The van der Waals surface area contributed by atoms with Gasteiger partial charge >= 0.3 is 0 Å². The number of aryl methyl sites for hydroxylation is 1. The van der Waals surface area contributed by atoms with E-state index in [-0.39, 0.29) is 5.96 Å². The monoisotopic (exact) mass is 341 g/mol. The first-order valence-corrected chi connectivity index (χ1v) is 7.49. The van der Waals surface area contributed by atoms with Crippen molar-refractivity contribution in [3.8, 4) is 0 Å². The van der Waals surface area contributed by atoms with Crippen LogP contribution < -0.4 is 10.6 Å². The average molecular weight is 343 g/mol. The van der Waals surface area contributed by atoms with Gasteiger partial charge in [0.05, 0.1) is 20.8 Å². The molecule has 0 aromatic heterocycles. The lowest BCUT2D eigenvalue weighted by molar-refractivity contribution is 1.14. The molecule has 0 amide bonds. The van der Waals surface area contributed by atoms with E-state index in [1.54, 1.807) is 12.1 Å².